The van der Waals surface area contributed by atoms with Gasteiger partial charge in [-0.25, -0.2) is 4.98 Å². The van der Waals surface area contributed by atoms with Gasteiger partial charge in [0.25, 0.3) is 5.91 Å². The van der Waals surface area contributed by atoms with Crippen LogP contribution >= 0.6 is 0 Å². The van der Waals surface area contributed by atoms with Crippen molar-refractivity contribution >= 4 is 23.3 Å². The van der Waals surface area contributed by atoms with Crippen LogP contribution < -0.4 is 10.1 Å². The Bertz CT molecular complexity index is 1330. The Kier molecular flexibility index (Phi) is 5.50. The number of rotatable bonds is 5. The van der Waals surface area contributed by atoms with Crippen LogP contribution in [-0.4, -0.2) is 22.4 Å². The van der Waals surface area contributed by atoms with Crippen LogP contribution in [0.15, 0.2) is 78.5 Å². The lowest BCUT2D eigenvalue weighted by Crippen LogP contribution is -2.14. The van der Waals surface area contributed by atoms with Crippen molar-refractivity contribution in [2.24, 2.45) is 0 Å². The topological polar surface area (TPSA) is 79.4 Å². The van der Waals surface area contributed by atoms with Crippen LogP contribution in [0.4, 0.5) is 5.69 Å². The van der Waals surface area contributed by atoms with Gasteiger partial charge in [0.1, 0.15) is 23.0 Å². The van der Waals surface area contributed by atoms with E-state index in [-0.39, 0.29) is 5.57 Å². The van der Waals surface area contributed by atoms with Gasteiger partial charge in [0.05, 0.1) is 24.2 Å². The van der Waals surface area contributed by atoms with Gasteiger partial charge in [0.15, 0.2) is 0 Å². The molecule has 2 aromatic heterocycles. The van der Waals surface area contributed by atoms with Gasteiger partial charge < -0.3 is 10.1 Å². The molecule has 152 valence electrons. The first kappa shape index (κ1) is 19.9. The van der Waals surface area contributed by atoms with Crippen molar-refractivity contribution in [2.75, 3.05) is 12.4 Å². The number of carbonyl (C=O) groups is 1. The molecule has 0 spiro atoms. The fourth-order valence-corrected chi connectivity index (χ4v) is 3.39. The second-order valence-corrected chi connectivity index (χ2v) is 6.92. The summed E-state index contributed by atoms with van der Waals surface area (Å²) in [7, 11) is 1.53. The first-order valence-corrected chi connectivity index (χ1v) is 9.71. The summed E-state index contributed by atoms with van der Waals surface area (Å²) in [6.07, 6.45) is 3.45. The maximum Gasteiger partial charge on any atom is 0.266 e. The molecule has 0 radical (unpaired) electrons. The Morgan fingerprint density at radius 2 is 1.84 bits per heavy atom. The number of para-hydroxylation sites is 2. The minimum absolute atomic E-state index is 0.0357. The van der Waals surface area contributed by atoms with E-state index in [1.54, 1.807) is 24.3 Å². The number of hydrogen-bond donors (Lipinski definition) is 1. The summed E-state index contributed by atoms with van der Waals surface area (Å²) >= 11 is 0. The maximum atomic E-state index is 12.9. The molecule has 2 aromatic carbocycles. The molecule has 0 unspecified atom stereocenters. The van der Waals surface area contributed by atoms with Crippen LogP contribution in [0.1, 0.15) is 11.3 Å². The van der Waals surface area contributed by atoms with Crippen LogP contribution in [0.3, 0.4) is 0 Å². The lowest BCUT2D eigenvalue weighted by atomic mass is 10.1. The number of nitrogens with zero attached hydrogens (tertiary/aromatic N) is 3. The summed E-state index contributed by atoms with van der Waals surface area (Å²) in [6.45, 7) is 1.98. The summed E-state index contributed by atoms with van der Waals surface area (Å²) in [5, 5.41) is 12.5. The van der Waals surface area contributed by atoms with E-state index in [1.165, 1.54) is 7.11 Å². The van der Waals surface area contributed by atoms with Crippen molar-refractivity contribution < 1.29 is 9.53 Å². The molecule has 0 saturated carbocycles. The Morgan fingerprint density at radius 3 is 2.58 bits per heavy atom. The number of pyridine rings is 1. The van der Waals surface area contributed by atoms with Crippen molar-refractivity contribution in [3.05, 3.63) is 89.8 Å². The molecular formula is C25H20N4O2. The average Bonchev–Trinajstić information content (AvgIpc) is 3.18. The molecular weight excluding hydrogens is 388 g/mol. The van der Waals surface area contributed by atoms with Crippen molar-refractivity contribution in [2.45, 2.75) is 6.92 Å². The van der Waals surface area contributed by atoms with Crippen LogP contribution in [0, 0.1) is 18.3 Å². The molecule has 6 heteroatoms. The van der Waals surface area contributed by atoms with Crippen molar-refractivity contribution in [3.8, 4) is 23.1 Å². The average molecular weight is 408 g/mol. The number of hydrogen-bond acceptors (Lipinski definition) is 4. The predicted octanol–water partition coefficient (Wildman–Crippen LogP) is 4.86. The highest BCUT2D eigenvalue weighted by Crippen LogP contribution is 2.28. The molecule has 2 heterocycles. The smallest absolute Gasteiger partial charge is 0.266 e. The number of ether oxygens (including phenoxy) is 1. The molecule has 0 aliphatic rings. The van der Waals surface area contributed by atoms with Crippen LogP contribution in [-0.2, 0) is 4.79 Å². The van der Waals surface area contributed by atoms with E-state index in [0.29, 0.717) is 22.8 Å². The molecule has 31 heavy (non-hydrogen) atoms. The monoisotopic (exact) mass is 408 g/mol. The Balaban J connectivity index is 1.82. The largest absolute Gasteiger partial charge is 0.495 e. The second-order valence-electron chi connectivity index (χ2n) is 6.92. The number of amides is 1. The highest BCUT2D eigenvalue weighted by atomic mass is 16.5. The van der Waals surface area contributed by atoms with Gasteiger partial charge >= 0.3 is 0 Å². The van der Waals surface area contributed by atoms with E-state index in [4.69, 9.17) is 9.72 Å². The number of aromatic nitrogens is 2. The van der Waals surface area contributed by atoms with Gasteiger partial charge in [-0.15, -0.1) is 0 Å². The number of carbonyl (C=O) groups excluding carboxylic acids is 1. The fraction of sp³-hybridized carbons (Fsp3) is 0.0800. The zero-order valence-electron chi connectivity index (χ0n) is 17.2. The predicted molar refractivity (Wildman–Crippen MR) is 121 cm³/mol. The molecule has 0 bridgehead atoms. The van der Waals surface area contributed by atoms with Crippen LogP contribution in [0.5, 0.6) is 5.75 Å². The van der Waals surface area contributed by atoms with E-state index in [0.717, 1.165) is 16.8 Å². The quantitative estimate of drug-likeness (QED) is 0.378. The van der Waals surface area contributed by atoms with E-state index < -0.39 is 5.91 Å². The van der Waals surface area contributed by atoms with Crippen molar-refractivity contribution in [1.29, 1.82) is 5.26 Å². The van der Waals surface area contributed by atoms with Crippen molar-refractivity contribution in [1.82, 2.24) is 9.38 Å². The van der Waals surface area contributed by atoms with E-state index in [2.05, 4.69) is 5.32 Å². The van der Waals surface area contributed by atoms with Gasteiger partial charge in [-0.3, -0.25) is 9.20 Å². The highest BCUT2D eigenvalue weighted by molar-refractivity contribution is 6.10. The van der Waals surface area contributed by atoms with E-state index >= 15 is 0 Å². The molecule has 6 nitrogen and oxygen atoms in total. The SMILES string of the molecule is COc1ccccc1NC(=O)/C(C#N)=C/c1c(-c2ccccc2)nc2c(C)cccn12. The summed E-state index contributed by atoms with van der Waals surface area (Å²) in [4.78, 5) is 17.7. The second kappa shape index (κ2) is 8.56. The highest BCUT2D eigenvalue weighted by Gasteiger charge is 2.18. The Morgan fingerprint density at radius 1 is 1.10 bits per heavy atom. The first-order valence-electron chi connectivity index (χ1n) is 9.71. The van der Waals surface area contributed by atoms with Gasteiger partial charge in [0, 0.05) is 11.8 Å². The van der Waals surface area contributed by atoms with Crippen LogP contribution in [0.25, 0.3) is 23.0 Å². The zero-order chi connectivity index (χ0) is 21.8. The number of imidazole rings is 1. The molecule has 0 aliphatic carbocycles. The minimum Gasteiger partial charge on any atom is -0.495 e. The van der Waals surface area contributed by atoms with Gasteiger partial charge in [-0.2, -0.15) is 5.26 Å². The van der Waals surface area contributed by atoms with Gasteiger partial charge in [0.2, 0.25) is 0 Å². The molecule has 4 aromatic rings. The third-order valence-corrected chi connectivity index (χ3v) is 4.93. The van der Waals surface area contributed by atoms with Crippen LogP contribution in [0.2, 0.25) is 0 Å². The Hall–Kier alpha value is -4.37. The van der Waals surface area contributed by atoms with E-state index in [9.17, 15) is 10.1 Å². The number of benzene rings is 2. The summed E-state index contributed by atoms with van der Waals surface area (Å²) < 4.78 is 7.18. The normalized spacial score (nSPS) is 11.2. The first-order chi connectivity index (χ1) is 15.1. The number of nitrogens with one attached hydrogen (secondary N) is 1. The summed E-state index contributed by atoms with van der Waals surface area (Å²) in [5.41, 5.74) is 4.50. The standard InChI is InChI=1S/C25H20N4O2/c1-17-9-8-14-29-21(23(28-24(17)29)18-10-4-3-5-11-18)15-19(16-26)25(30)27-20-12-6-7-13-22(20)31-2/h3-15H,1-2H3,(H,27,30)/b19-15+. The number of methoxy groups -OCH3 is 1. The number of nitriles is 1. The number of fused-ring (bicyclic) bond motifs is 1. The third kappa shape index (κ3) is 3.89. The molecule has 0 atom stereocenters. The lowest BCUT2D eigenvalue weighted by Gasteiger charge is -2.09. The Labute approximate surface area is 180 Å². The molecule has 1 N–H and O–H groups in total. The summed E-state index contributed by atoms with van der Waals surface area (Å²) in [6, 6.07) is 22.7. The zero-order valence-corrected chi connectivity index (χ0v) is 17.2. The van der Waals surface area contributed by atoms with Crippen molar-refractivity contribution in [3.63, 3.8) is 0 Å². The molecule has 1 amide bonds. The molecule has 0 aliphatic heterocycles. The number of anilines is 1. The lowest BCUT2D eigenvalue weighted by molar-refractivity contribution is -0.112. The van der Waals surface area contributed by atoms with Gasteiger partial charge in [-0.05, 0) is 36.8 Å². The maximum absolute atomic E-state index is 12.9. The van der Waals surface area contributed by atoms with Gasteiger partial charge in [-0.1, -0.05) is 48.5 Å². The fourth-order valence-electron chi connectivity index (χ4n) is 3.39. The molecule has 0 fully saturated rings. The number of aryl methyl sites for hydroxylation is 1. The minimum atomic E-state index is -0.520. The van der Waals surface area contributed by atoms with E-state index in [1.807, 2.05) is 72.1 Å². The molecule has 4 rings (SSSR count). The summed E-state index contributed by atoms with van der Waals surface area (Å²) in [5.74, 6) is -0.00263. The third-order valence-electron chi connectivity index (χ3n) is 4.93. The molecule has 0 saturated heterocycles.